The van der Waals surface area contributed by atoms with Crippen molar-refractivity contribution in [2.45, 2.75) is 0 Å². The number of aromatic nitrogens is 5. The summed E-state index contributed by atoms with van der Waals surface area (Å²) in [7, 11) is 0. The van der Waals surface area contributed by atoms with Crippen molar-refractivity contribution >= 4 is 11.0 Å². The highest BCUT2D eigenvalue weighted by atomic mass is 15.1. The molecule has 0 bridgehead atoms. The number of imidazole rings is 1. The zero-order valence-corrected chi connectivity index (χ0v) is 10.5. The third-order valence-electron chi connectivity index (χ3n) is 3.34. The van der Waals surface area contributed by atoms with Crippen LogP contribution in [0.5, 0.6) is 0 Å². The first-order valence-corrected chi connectivity index (χ1v) is 6.29. The molecule has 0 amide bonds. The molecule has 3 aromatic heterocycles. The minimum atomic E-state index is 0.939. The molecule has 4 rings (SSSR count). The maximum absolute atomic E-state index is 4.36. The van der Waals surface area contributed by atoms with E-state index in [-0.39, 0.29) is 0 Å². The number of fused-ring (bicyclic) bond motifs is 1. The molecular formula is C15H11N5. The van der Waals surface area contributed by atoms with E-state index < -0.39 is 0 Å². The number of aromatic amines is 2. The highest BCUT2D eigenvalue weighted by Crippen LogP contribution is 2.27. The molecule has 0 aliphatic heterocycles. The molecule has 0 saturated heterocycles. The van der Waals surface area contributed by atoms with Gasteiger partial charge in [0.2, 0.25) is 0 Å². The van der Waals surface area contributed by atoms with Crippen LogP contribution >= 0.6 is 0 Å². The van der Waals surface area contributed by atoms with Crippen molar-refractivity contribution in [3.05, 3.63) is 55.2 Å². The predicted molar refractivity (Wildman–Crippen MR) is 76.9 cm³/mol. The van der Waals surface area contributed by atoms with Gasteiger partial charge in [0.1, 0.15) is 0 Å². The van der Waals surface area contributed by atoms with E-state index in [1.165, 1.54) is 0 Å². The second-order valence-electron chi connectivity index (χ2n) is 4.53. The molecule has 96 valence electrons. The summed E-state index contributed by atoms with van der Waals surface area (Å²) in [5.41, 5.74) is 6.12. The minimum Gasteiger partial charge on any atom is -0.343 e. The first-order valence-electron chi connectivity index (χ1n) is 6.29. The number of benzene rings is 1. The lowest BCUT2D eigenvalue weighted by molar-refractivity contribution is 1.10. The van der Waals surface area contributed by atoms with Gasteiger partial charge in [-0.15, -0.1) is 0 Å². The average Bonchev–Trinajstić information content (AvgIpc) is 3.18. The highest BCUT2D eigenvalue weighted by Gasteiger charge is 2.07. The number of pyridine rings is 1. The Hall–Kier alpha value is -2.95. The van der Waals surface area contributed by atoms with Crippen molar-refractivity contribution in [2.75, 3.05) is 0 Å². The smallest absolute Gasteiger partial charge is 0.0992 e. The van der Waals surface area contributed by atoms with Crippen LogP contribution in [0.25, 0.3) is 33.4 Å². The summed E-state index contributed by atoms with van der Waals surface area (Å²) in [4.78, 5) is 11.7. The Kier molecular flexibility index (Phi) is 2.35. The number of nitrogens with zero attached hydrogens (tertiary/aromatic N) is 3. The zero-order chi connectivity index (χ0) is 13.4. The fourth-order valence-electron chi connectivity index (χ4n) is 2.32. The van der Waals surface area contributed by atoms with Crippen LogP contribution in [0.3, 0.4) is 0 Å². The molecule has 5 heteroatoms. The van der Waals surface area contributed by atoms with Gasteiger partial charge in [0.25, 0.3) is 0 Å². The van der Waals surface area contributed by atoms with Crippen LogP contribution in [0.15, 0.2) is 55.2 Å². The summed E-state index contributed by atoms with van der Waals surface area (Å²) in [6.45, 7) is 0. The zero-order valence-electron chi connectivity index (χ0n) is 10.5. The Labute approximate surface area is 114 Å². The van der Waals surface area contributed by atoms with Crippen LogP contribution in [-0.4, -0.2) is 25.1 Å². The normalized spacial score (nSPS) is 11.0. The van der Waals surface area contributed by atoms with E-state index in [0.29, 0.717) is 0 Å². The van der Waals surface area contributed by atoms with Gasteiger partial charge in [0.15, 0.2) is 0 Å². The molecule has 3 heterocycles. The molecule has 1 aromatic carbocycles. The van der Waals surface area contributed by atoms with Crippen LogP contribution in [0.1, 0.15) is 0 Å². The van der Waals surface area contributed by atoms with Crippen molar-refractivity contribution in [2.24, 2.45) is 0 Å². The molecule has 20 heavy (non-hydrogen) atoms. The SMILES string of the molecule is c1cc(-c2ccc(-c3cncc4[nH]cnc34)cc2)[nH]n1. The van der Waals surface area contributed by atoms with Crippen LogP contribution < -0.4 is 0 Å². The number of hydrogen-bond donors (Lipinski definition) is 2. The standard InChI is InChI=1S/C15H11N5/c1-3-11(13-5-6-19-20-13)4-2-10(1)12-7-16-8-14-15(12)18-9-17-14/h1-9H,(H,17,18)(H,19,20). The third-order valence-corrected chi connectivity index (χ3v) is 3.34. The monoisotopic (exact) mass is 261 g/mol. The summed E-state index contributed by atoms with van der Waals surface area (Å²) >= 11 is 0. The molecule has 2 N–H and O–H groups in total. The van der Waals surface area contributed by atoms with Crippen molar-refractivity contribution in [1.82, 2.24) is 25.1 Å². The molecule has 5 nitrogen and oxygen atoms in total. The summed E-state index contributed by atoms with van der Waals surface area (Å²) in [5.74, 6) is 0. The van der Waals surface area contributed by atoms with Gasteiger partial charge < -0.3 is 4.98 Å². The Morgan fingerprint density at radius 1 is 0.900 bits per heavy atom. The first-order chi connectivity index (χ1) is 9.92. The summed E-state index contributed by atoms with van der Waals surface area (Å²) in [5, 5.41) is 6.92. The molecule has 0 spiro atoms. The highest BCUT2D eigenvalue weighted by molar-refractivity contribution is 5.90. The fourth-order valence-corrected chi connectivity index (χ4v) is 2.32. The maximum atomic E-state index is 4.36. The van der Waals surface area contributed by atoms with Gasteiger partial charge in [-0.05, 0) is 17.2 Å². The molecular weight excluding hydrogens is 250 g/mol. The van der Waals surface area contributed by atoms with Gasteiger partial charge in [0.05, 0.1) is 29.3 Å². The minimum absolute atomic E-state index is 0.939. The van der Waals surface area contributed by atoms with Gasteiger partial charge in [-0.25, -0.2) is 4.98 Å². The third kappa shape index (κ3) is 1.68. The molecule has 0 aliphatic rings. The van der Waals surface area contributed by atoms with Gasteiger partial charge in [0, 0.05) is 18.0 Å². The molecule has 0 fully saturated rings. The van der Waals surface area contributed by atoms with E-state index in [4.69, 9.17) is 0 Å². The van der Waals surface area contributed by atoms with Gasteiger partial charge in [-0.3, -0.25) is 10.1 Å². The van der Waals surface area contributed by atoms with Crippen molar-refractivity contribution < 1.29 is 0 Å². The molecule has 0 aliphatic carbocycles. The number of H-pyrrole nitrogens is 2. The Morgan fingerprint density at radius 2 is 1.75 bits per heavy atom. The van der Waals surface area contributed by atoms with E-state index in [1.54, 1.807) is 18.7 Å². The quantitative estimate of drug-likeness (QED) is 0.582. The van der Waals surface area contributed by atoms with Crippen LogP contribution in [0, 0.1) is 0 Å². The van der Waals surface area contributed by atoms with Crippen molar-refractivity contribution in [1.29, 1.82) is 0 Å². The molecule has 0 atom stereocenters. The van der Waals surface area contributed by atoms with Crippen LogP contribution in [0.2, 0.25) is 0 Å². The van der Waals surface area contributed by atoms with E-state index in [9.17, 15) is 0 Å². The fraction of sp³-hybridized carbons (Fsp3) is 0. The van der Waals surface area contributed by atoms with E-state index in [2.05, 4.69) is 49.4 Å². The van der Waals surface area contributed by atoms with Crippen molar-refractivity contribution in [3.63, 3.8) is 0 Å². The summed E-state index contributed by atoms with van der Waals surface area (Å²) in [6.07, 6.45) is 7.06. The largest absolute Gasteiger partial charge is 0.343 e. The Morgan fingerprint density at radius 3 is 2.55 bits per heavy atom. The molecule has 0 radical (unpaired) electrons. The topological polar surface area (TPSA) is 70.2 Å². The van der Waals surface area contributed by atoms with Gasteiger partial charge >= 0.3 is 0 Å². The second kappa shape index (κ2) is 4.31. The van der Waals surface area contributed by atoms with Crippen LogP contribution in [0.4, 0.5) is 0 Å². The van der Waals surface area contributed by atoms with Crippen molar-refractivity contribution in [3.8, 4) is 22.4 Å². The number of hydrogen-bond acceptors (Lipinski definition) is 3. The molecule has 0 saturated carbocycles. The van der Waals surface area contributed by atoms with Crippen LogP contribution in [-0.2, 0) is 0 Å². The first kappa shape index (κ1) is 10.9. The predicted octanol–water partition coefficient (Wildman–Crippen LogP) is 3.01. The van der Waals surface area contributed by atoms with Gasteiger partial charge in [-0.2, -0.15) is 5.10 Å². The Bertz CT molecular complexity index is 844. The average molecular weight is 261 g/mol. The second-order valence-corrected chi connectivity index (χ2v) is 4.53. The lowest BCUT2D eigenvalue weighted by Crippen LogP contribution is -1.84. The van der Waals surface area contributed by atoms with Gasteiger partial charge in [-0.1, -0.05) is 24.3 Å². The lowest BCUT2D eigenvalue weighted by atomic mass is 10.0. The van der Waals surface area contributed by atoms with E-state index in [0.717, 1.165) is 33.4 Å². The van der Waals surface area contributed by atoms with E-state index in [1.807, 2.05) is 12.3 Å². The Balaban J connectivity index is 1.81. The molecule has 0 unspecified atom stereocenters. The number of rotatable bonds is 2. The summed E-state index contributed by atoms with van der Waals surface area (Å²) in [6, 6.07) is 10.2. The lowest BCUT2D eigenvalue weighted by Gasteiger charge is -2.03. The molecule has 4 aromatic rings. The van der Waals surface area contributed by atoms with E-state index >= 15 is 0 Å². The summed E-state index contributed by atoms with van der Waals surface area (Å²) < 4.78 is 0. The number of nitrogens with one attached hydrogen (secondary N) is 2. The maximum Gasteiger partial charge on any atom is 0.0992 e.